The first kappa shape index (κ1) is 13.4. The summed E-state index contributed by atoms with van der Waals surface area (Å²) in [6, 6.07) is 8.45. The number of H-pyrrole nitrogens is 1. The van der Waals surface area contributed by atoms with Crippen LogP contribution in [0, 0.1) is 0 Å². The van der Waals surface area contributed by atoms with Crippen LogP contribution < -0.4 is 15.2 Å². The number of benzene rings is 1. The van der Waals surface area contributed by atoms with Crippen molar-refractivity contribution < 1.29 is 13.2 Å². The fourth-order valence-electron chi connectivity index (χ4n) is 1.51. The van der Waals surface area contributed by atoms with Crippen LogP contribution in [-0.4, -0.2) is 26.6 Å². The molecule has 4 N–H and O–H groups in total. The lowest BCUT2D eigenvalue weighted by molar-refractivity contribution is 0.323. The minimum absolute atomic E-state index is 0.183. The lowest BCUT2D eigenvalue weighted by Gasteiger charge is -2.08. The van der Waals surface area contributed by atoms with Crippen LogP contribution in [0.25, 0.3) is 0 Å². The van der Waals surface area contributed by atoms with Gasteiger partial charge in [0.2, 0.25) is 10.0 Å². The van der Waals surface area contributed by atoms with E-state index in [9.17, 15) is 8.42 Å². The molecular formula is C12H15N3O3S. The van der Waals surface area contributed by atoms with Crippen molar-refractivity contribution in [2.45, 2.75) is 4.90 Å². The molecule has 0 atom stereocenters. The Kier molecular flexibility index (Phi) is 4.08. The van der Waals surface area contributed by atoms with Crippen molar-refractivity contribution in [3.8, 4) is 5.75 Å². The summed E-state index contributed by atoms with van der Waals surface area (Å²) >= 11 is 0. The molecule has 0 radical (unpaired) electrons. The van der Waals surface area contributed by atoms with E-state index in [0.717, 1.165) is 0 Å². The van der Waals surface area contributed by atoms with Gasteiger partial charge < -0.3 is 15.5 Å². The number of sulfonamides is 1. The molecule has 7 heteroatoms. The third-order valence-electron chi connectivity index (χ3n) is 2.40. The summed E-state index contributed by atoms with van der Waals surface area (Å²) in [6.07, 6.45) is 2.97. The third kappa shape index (κ3) is 3.73. The van der Waals surface area contributed by atoms with Gasteiger partial charge in [0.05, 0.1) is 4.90 Å². The van der Waals surface area contributed by atoms with Crippen LogP contribution in [0.1, 0.15) is 0 Å². The molecule has 0 saturated carbocycles. The summed E-state index contributed by atoms with van der Waals surface area (Å²) in [5.74, 6) is 0.612. The van der Waals surface area contributed by atoms with Crippen molar-refractivity contribution in [2.75, 3.05) is 18.9 Å². The van der Waals surface area contributed by atoms with Crippen LogP contribution in [0.2, 0.25) is 0 Å². The molecule has 0 bridgehead atoms. The van der Waals surface area contributed by atoms with E-state index >= 15 is 0 Å². The van der Waals surface area contributed by atoms with Gasteiger partial charge in [-0.1, -0.05) is 6.07 Å². The second-order valence-corrected chi connectivity index (χ2v) is 5.63. The molecule has 0 aliphatic carbocycles. The number of aromatic amines is 1. The zero-order valence-electron chi connectivity index (χ0n) is 10.2. The van der Waals surface area contributed by atoms with Gasteiger partial charge in [-0.15, -0.1) is 0 Å². The van der Waals surface area contributed by atoms with E-state index < -0.39 is 10.0 Å². The molecule has 0 amide bonds. The highest BCUT2D eigenvalue weighted by molar-refractivity contribution is 7.89. The van der Waals surface area contributed by atoms with Gasteiger partial charge in [0.15, 0.2) is 0 Å². The average molecular weight is 281 g/mol. The number of ether oxygens (including phenoxy) is 1. The molecule has 19 heavy (non-hydrogen) atoms. The number of nitrogens with one attached hydrogen (secondary N) is 2. The van der Waals surface area contributed by atoms with Gasteiger partial charge in [-0.05, 0) is 18.2 Å². The van der Waals surface area contributed by atoms with Gasteiger partial charge in [-0.25, -0.2) is 13.1 Å². The maximum Gasteiger partial charge on any atom is 0.242 e. The predicted octanol–water partition coefficient (Wildman–Crippen LogP) is 0.954. The van der Waals surface area contributed by atoms with Crippen LogP contribution in [-0.2, 0) is 10.0 Å². The quantitative estimate of drug-likeness (QED) is 0.542. The number of hydrogen-bond acceptors (Lipinski definition) is 4. The Hall–Kier alpha value is -1.99. The van der Waals surface area contributed by atoms with Gasteiger partial charge in [-0.3, -0.25) is 0 Å². The van der Waals surface area contributed by atoms with Crippen LogP contribution in [0.15, 0.2) is 47.6 Å². The summed E-state index contributed by atoms with van der Waals surface area (Å²) in [6.45, 7) is 0.412. The first-order valence-electron chi connectivity index (χ1n) is 5.69. The SMILES string of the molecule is Nc1cccc(OCCNS(=O)(=O)c2cc[nH]c2)c1. The second-order valence-electron chi connectivity index (χ2n) is 3.87. The number of nitrogen functional groups attached to an aromatic ring is 1. The number of rotatable bonds is 6. The molecule has 0 aliphatic rings. The van der Waals surface area contributed by atoms with Crippen molar-refractivity contribution in [1.29, 1.82) is 0 Å². The lowest BCUT2D eigenvalue weighted by Crippen LogP contribution is -2.28. The minimum Gasteiger partial charge on any atom is -0.492 e. The zero-order valence-corrected chi connectivity index (χ0v) is 11.0. The first-order valence-corrected chi connectivity index (χ1v) is 7.17. The monoisotopic (exact) mass is 281 g/mol. The van der Waals surface area contributed by atoms with Crippen molar-refractivity contribution in [3.63, 3.8) is 0 Å². The van der Waals surface area contributed by atoms with Gasteiger partial charge >= 0.3 is 0 Å². The Labute approximate surface area is 111 Å². The van der Waals surface area contributed by atoms with Crippen LogP contribution in [0.4, 0.5) is 5.69 Å². The van der Waals surface area contributed by atoms with E-state index in [-0.39, 0.29) is 18.0 Å². The summed E-state index contributed by atoms with van der Waals surface area (Å²) in [7, 11) is -3.47. The molecule has 2 rings (SSSR count). The number of aromatic nitrogens is 1. The molecule has 0 fully saturated rings. The summed E-state index contributed by atoms with van der Waals surface area (Å²) in [5.41, 5.74) is 6.20. The highest BCUT2D eigenvalue weighted by Crippen LogP contribution is 2.14. The average Bonchev–Trinajstić information content (AvgIpc) is 2.89. The zero-order chi connectivity index (χ0) is 13.7. The number of hydrogen-bond donors (Lipinski definition) is 3. The summed E-state index contributed by atoms with van der Waals surface area (Å²) < 4.78 is 31.3. The molecule has 0 spiro atoms. The molecule has 0 unspecified atom stereocenters. The van der Waals surface area contributed by atoms with E-state index in [1.807, 2.05) is 0 Å². The molecule has 6 nitrogen and oxygen atoms in total. The van der Waals surface area contributed by atoms with E-state index in [4.69, 9.17) is 10.5 Å². The highest BCUT2D eigenvalue weighted by atomic mass is 32.2. The molecule has 1 aromatic carbocycles. The van der Waals surface area contributed by atoms with E-state index in [0.29, 0.717) is 11.4 Å². The van der Waals surface area contributed by atoms with Crippen LogP contribution in [0.5, 0.6) is 5.75 Å². The summed E-state index contributed by atoms with van der Waals surface area (Å²) in [5, 5.41) is 0. The normalized spacial score (nSPS) is 11.4. The molecule has 1 heterocycles. The standard InChI is InChI=1S/C12H15N3O3S/c13-10-2-1-3-11(8-10)18-7-6-15-19(16,17)12-4-5-14-9-12/h1-5,8-9,14-15H,6-7,13H2. The van der Waals surface area contributed by atoms with Gasteiger partial charge in [0.25, 0.3) is 0 Å². The Bertz CT molecular complexity index is 623. The molecular weight excluding hydrogens is 266 g/mol. The predicted molar refractivity (Wildman–Crippen MR) is 72.3 cm³/mol. The van der Waals surface area contributed by atoms with Gasteiger partial charge in [0.1, 0.15) is 12.4 Å². The topological polar surface area (TPSA) is 97.2 Å². The second kappa shape index (κ2) is 5.77. The number of anilines is 1. The maximum absolute atomic E-state index is 11.8. The third-order valence-corrected chi connectivity index (χ3v) is 3.86. The number of nitrogens with two attached hydrogens (primary N) is 1. The Balaban J connectivity index is 1.81. The Morgan fingerprint density at radius 2 is 2.16 bits per heavy atom. The lowest BCUT2D eigenvalue weighted by atomic mass is 10.3. The van der Waals surface area contributed by atoms with E-state index in [1.54, 1.807) is 30.5 Å². The van der Waals surface area contributed by atoms with Crippen molar-refractivity contribution >= 4 is 15.7 Å². The van der Waals surface area contributed by atoms with Gasteiger partial charge in [-0.2, -0.15) is 0 Å². The fraction of sp³-hybridized carbons (Fsp3) is 0.167. The van der Waals surface area contributed by atoms with Crippen molar-refractivity contribution in [3.05, 3.63) is 42.7 Å². The Morgan fingerprint density at radius 1 is 1.32 bits per heavy atom. The molecule has 0 aliphatic heterocycles. The van der Waals surface area contributed by atoms with E-state index in [1.165, 1.54) is 12.3 Å². The van der Waals surface area contributed by atoms with Crippen molar-refractivity contribution in [1.82, 2.24) is 9.71 Å². The highest BCUT2D eigenvalue weighted by Gasteiger charge is 2.13. The fourth-order valence-corrected chi connectivity index (χ4v) is 2.50. The van der Waals surface area contributed by atoms with Gasteiger partial charge in [0, 0.05) is 30.7 Å². The van der Waals surface area contributed by atoms with E-state index in [2.05, 4.69) is 9.71 Å². The van der Waals surface area contributed by atoms with Crippen LogP contribution >= 0.6 is 0 Å². The summed E-state index contributed by atoms with van der Waals surface area (Å²) in [4.78, 5) is 2.90. The van der Waals surface area contributed by atoms with Crippen LogP contribution in [0.3, 0.4) is 0 Å². The first-order chi connectivity index (χ1) is 9.08. The molecule has 0 saturated heterocycles. The maximum atomic E-state index is 11.8. The smallest absolute Gasteiger partial charge is 0.242 e. The molecule has 102 valence electrons. The molecule has 1 aromatic heterocycles. The largest absolute Gasteiger partial charge is 0.492 e. The minimum atomic E-state index is -3.47. The van der Waals surface area contributed by atoms with Crippen molar-refractivity contribution in [2.24, 2.45) is 0 Å². The molecule has 2 aromatic rings. The Morgan fingerprint density at radius 3 is 2.84 bits per heavy atom.